The van der Waals surface area contributed by atoms with Crippen molar-refractivity contribution in [3.8, 4) is 0 Å². The van der Waals surface area contributed by atoms with Crippen molar-refractivity contribution >= 4 is 26.7 Å². The Balaban J connectivity index is 2.00. The molecule has 0 bridgehead atoms. The number of hydrogen-bond donors (Lipinski definition) is 0. The standard InChI is InChI=1S/C18H23NO4S/c1-4-14-17(12-8-5-6-10-15(12)23-14)18(20)19(2)13-9-7-11-16(13)24(3,21)22/h5-6,8,10,13,16H,4,7,9,11H2,1-3H3/t13-,16+/m0/s1. The van der Waals surface area contributed by atoms with Gasteiger partial charge in [0.2, 0.25) is 0 Å². The first-order valence-corrected chi connectivity index (χ1v) is 10.3. The molecule has 2 aromatic rings. The molecule has 0 N–H and O–H groups in total. The molecule has 5 nitrogen and oxygen atoms in total. The molecule has 24 heavy (non-hydrogen) atoms. The van der Waals surface area contributed by atoms with Crippen LogP contribution in [0.2, 0.25) is 0 Å². The first kappa shape index (κ1) is 17.0. The van der Waals surface area contributed by atoms with Gasteiger partial charge in [-0.1, -0.05) is 25.1 Å². The summed E-state index contributed by atoms with van der Waals surface area (Å²) in [6.07, 6.45) is 4.04. The highest BCUT2D eigenvalue weighted by atomic mass is 32.2. The summed E-state index contributed by atoms with van der Waals surface area (Å²) < 4.78 is 29.9. The molecule has 1 saturated carbocycles. The summed E-state index contributed by atoms with van der Waals surface area (Å²) in [6, 6.07) is 7.20. The molecule has 1 aromatic heterocycles. The molecule has 6 heteroatoms. The van der Waals surface area contributed by atoms with Gasteiger partial charge in [0.1, 0.15) is 11.3 Å². The second-order valence-electron chi connectivity index (χ2n) is 6.53. The van der Waals surface area contributed by atoms with Gasteiger partial charge in [-0.15, -0.1) is 0 Å². The minimum Gasteiger partial charge on any atom is -0.460 e. The molecule has 0 aliphatic heterocycles. The second-order valence-corrected chi connectivity index (χ2v) is 8.80. The molecule has 2 atom stereocenters. The summed E-state index contributed by atoms with van der Waals surface area (Å²) in [5.41, 5.74) is 1.26. The molecular weight excluding hydrogens is 326 g/mol. The van der Waals surface area contributed by atoms with E-state index in [1.165, 1.54) is 6.26 Å². The van der Waals surface area contributed by atoms with Crippen molar-refractivity contribution in [2.24, 2.45) is 0 Å². The Morgan fingerprint density at radius 2 is 2.00 bits per heavy atom. The van der Waals surface area contributed by atoms with E-state index in [1.807, 2.05) is 31.2 Å². The fourth-order valence-corrected chi connectivity index (χ4v) is 5.24. The van der Waals surface area contributed by atoms with E-state index >= 15 is 0 Å². The lowest BCUT2D eigenvalue weighted by molar-refractivity contribution is 0.0737. The van der Waals surface area contributed by atoms with Gasteiger partial charge < -0.3 is 9.32 Å². The van der Waals surface area contributed by atoms with Gasteiger partial charge in [0.05, 0.1) is 10.8 Å². The Kier molecular flexibility index (Phi) is 4.42. The number of carbonyl (C=O) groups excluding carboxylic acids is 1. The first-order chi connectivity index (χ1) is 11.3. The largest absolute Gasteiger partial charge is 0.460 e. The Bertz CT molecular complexity index is 868. The van der Waals surface area contributed by atoms with Crippen LogP contribution in [-0.2, 0) is 16.3 Å². The maximum absolute atomic E-state index is 13.1. The summed E-state index contributed by atoms with van der Waals surface area (Å²) >= 11 is 0. The number of amides is 1. The Morgan fingerprint density at radius 1 is 1.29 bits per heavy atom. The number of nitrogens with zero attached hydrogens (tertiary/aromatic N) is 1. The number of benzene rings is 1. The lowest BCUT2D eigenvalue weighted by Crippen LogP contribution is -2.44. The molecular formula is C18H23NO4S. The van der Waals surface area contributed by atoms with Crippen molar-refractivity contribution in [1.82, 2.24) is 4.90 Å². The Hall–Kier alpha value is -1.82. The monoisotopic (exact) mass is 349 g/mol. The van der Waals surface area contributed by atoms with Gasteiger partial charge in [-0.2, -0.15) is 0 Å². The average molecular weight is 349 g/mol. The zero-order chi connectivity index (χ0) is 17.5. The number of aryl methyl sites for hydroxylation is 1. The molecule has 1 amide bonds. The summed E-state index contributed by atoms with van der Waals surface area (Å²) in [5, 5.41) is 0.315. The normalized spacial score (nSPS) is 21.3. The number of carbonyl (C=O) groups is 1. The minimum absolute atomic E-state index is 0.155. The maximum Gasteiger partial charge on any atom is 0.258 e. The summed E-state index contributed by atoms with van der Waals surface area (Å²) in [7, 11) is -1.47. The predicted molar refractivity (Wildman–Crippen MR) is 94.0 cm³/mol. The van der Waals surface area contributed by atoms with Crippen molar-refractivity contribution in [1.29, 1.82) is 0 Å². The van der Waals surface area contributed by atoms with E-state index < -0.39 is 15.1 Å². The molecule has 0 spiro atoms. The SMILES string of the molecule is CCc1oc2ccccc2c1C(=O)N(C)[C@H]1CCC[C@H]1S(C)(=O)=O. The molecule has 1 fully saturated rings. The highest BCUT2D eigenvalue weighted by Gasteiger charge is 2.39. The number of sulfone groups is 1. The van der Waals surface area contributed by atoms with Crippen LogP contribution in [-0.4, -0.2) is 43.8 Å². The van der Waals surface area contributed by atoms with Gasteiger partial charge in [0, 0.05) is 31.2 Å². The molecule has 1 aromatic carbocycles. The third-order valence-corrected chi connectivity index (χ3v) is 6.64. The molecule has 0 saturated heterocycles. The number of rotatable bonds is 4. The van der Waals surface area contributed by atoms with Crippen LogP contribution in [0.4, 0.5) is 0 Å². The molecule has 0 unspecified atom stereocenters. The van der Waals surface area contributed by atoms with Crippen LogP contribution in [0.3, 0.4) is 0 Å². The zero-order valence-electron chi connectivity index (χ0n) is 14.3. The van der Waals surface area contributed by atoms with E-state index in [9.17, 15) is 13.2 Å². The average Bonchev–Trinajstić information content (AvgIpc) is 3.17. The number of fused-ring (bicyclic) bond motifs is 1. The van der Waals surface area contributed by atoms with E-state index in [1.54, 1.807) is 11.9 Å². The molecule has 1 aliphatic carbocycles. The Labute approximate surface area is 142 Å². The lowest BCUT2D eigenvalue weighted by Gasteiger charge is -2.29. The molecule has 1 aliphatic rings. The summed E-state index contributed by atoms with van der Waals surface area (Å²) in [6.45, 7) is 1.95. The number of furan rings is 1. The van der Waals surface area contributed by atoms with Gasteiger partial charge in [-0.3, -0.25) is 4.79 Å². The molecule has 130 valence electrons. The van der Waals surface area contributed by atoms with Crippen LogP contribution < -0.4 is 0 Å². The maximum atomic E-state index is 13.1. The third kappa shape index (κ3) is 2.83. The predicted octanol–water partition coefficient (Wildman–Crippen LogP) is 3.03. The van der Waals surface area contributed by atoms with Crippen LogP contribution in [0.1, 0.15) is 42.3 Å². The quantitative estimate of drug-likeness (QED) is 0.851. The minimum atomic E-state index is -3.17. The smallest absolute Gasteiger partial charge is 0.258 e. The Morgan fingerprint density at radius 3 is 2.67 bits per heavy atom. The molecule has 1 heterocycles. The van der Waals surface area contributed by atoms with Crippen molar-refractivity contribution in [2.45, 2.75) is 43.9 Å². The van der Waals surface area contributed by atoms with Crippen molar-refractivity contribution in [2.75, 3.05) is 13.3 Å². The van der Waals surface area contributed by atoms with E-state index in [0.29, 0.717) is 29.7 Å². The molecule has 0 radical (unpaired) electrons. The van der Waals surface area contributed by atoms with Crippen LogP contribution in [0.15, 0.2) is 28.7 Å². The van der Waals surface area contributed by atoms with Crippen molar-refractivity contribution < 1.29 is 17.6 Å². The first-order valence-electron chi connectivity index (χ1n) is 8.31. The van der Waals surface area contributed by atoms with E-state index in [2.05, 4.69) is 0 Å². The highest BCUT2D eigenvalue weighted by molar-refractivity contribution is 7.91. The van der Waals surface area contributed by atoms with Gasteiger partial charge in [-0.05, 0) is 25.3 Å². The van der Waals surface area contributed by atoms with Crippen LogP contribution in [0.5, 0.6) is 0 Å². The topological polar surface area (TPSA) is 67.6 Å². The number of para-hydroxylation sites is 1. The second kappa shape index (κ2) is 6.24. The summed E-state index contributed by atoms with van der Waals surface area (Å²) in [5.74, 6) is 0.499. The third-order valence-electron chi connectivity index (χ3n) is 4.99. The van der Waals surface area contributed by atoms with E-state index in [4.69, 9.17) is 4.42 Å². The van der Waals surface area contributed by atoms with Crippen LogP contribution in [0, 0.1) is 0 Å². The summed E-state index contributed by atoms with van der Waals surface area (Å²) in [4.78, 5) is 14.7. The van der Waals surface area contributed by atoms with Gasteiger partial charge in [-0.25, -0.2) is 8.42 Å². The van der Waals surface area contributed by atoms with Crippen LogP contribution >= 0.6 is 0 Å². The van der Waals surface area contributed by atoms with Gasteiger partial charge >= 0.3 is 0 Å². The fraction of sp³-hybridized carbons (Fsp3) is 0.500. The van der Waals surface area contributed by atoms with E-state index in [-0.39, 0.29) is 11.9 Å². The fourth-order valence-electron chi connectivity index (χ4n) is 3.76. The van der Waals surface area contributed by atoms with Crippen LogP contribution in [0.25, 0.3) is 11.0 Å². The molecule has 3 rings (SSSR count). The van der Waals surface area contributed by atoms with Crippen molar-refractivity contribution in [3.63, 3.8) is 0 Å². The number of hydrogen-bond acceptors (Lipinski definition) is 4. The highest BCUT2D eigenvalue weighted by Crippen LogP contribution is 2.32. The van der Waals surface area contributed by atoms with E-state index in [0.717, 1.165) is 18.2 Å². The van der Waals surface area contributed by atoms with Gasteiger partial charge in [0.25, 0.3) is 5.91 Å². The van der Waals surface area contributed by atoms with Crippen molar-refractivity contribution in [3.05, 3.63) is 35.6 Å². The zero-order valence-corrected chi connectivity index (χ0v) is 15.1. The van der Waals surface area contributed by atoms with Gasteiger partial charge in [0.15, 0.2) is 9.84 Å². The lowest BCUT2D eigenvalue weighted by atomic mass is 10.1.